The van der Waals surface area contributed by atoms with Gasteiger partial charge in [-0.2, -0.15) is 5.26 Å². The zero-order chi connectivity index (χ0) is 39.7. The van der Waals surface area contributed by atoms with Gasteiger partial charge in [-0.25, -0.2) is 15.0 Å². The maximum atomic E-state index is 9.74. The molecule has 0 atom stereocenters. The molecule has 5 heteroatoms. The predicted molar refractivity (Wildman–Crippen MR) is 240 cm³/mol. The molecule has 1 aliphatic rings. The van der Waals surface area contributed by atoms with Crippen LogP contribution >= 0.6 is 0 Å². The number of aromatic nitrogens is 4. The Hall–Kier alpha value is -7.81. The van der Waals surface area contributed by atoms with Gasteiger partial charge in [-0.05, 0) is 103 Å². The molecule has 2 heterocycles. The maximum absolute atomic E-state index is 9.74. The summed E-state index contributed by atoms with van der Waals surface area (Å²) in [7, 11) is 0. The molecule has 0 unspecified atom stereocenters. The Bertz CT molecular complexity index is 3270. The molecule has 0 bridgehead atoms. The van der Waals surface area contributed by atoms with Gasteiger partial charge in [0.2, 0.25) is 0 Å². The summed E-state index contributed by atoms with van der Waals surface area (Å²) in [5.41, 5.74) is 11.8. The Labute approximate surface area is 342 Å². The van der Waals surface area contributed by atoms with Crippen molar-refractivity contribution < 1.29 is 0 Å². The van der Waals surface area contributed by atoms with Crippen LogP contribution in [0.3, 0.4) is 0 Å². The molecule has 0 saturated carbocycles. The summed E-state index contributed by atoms with van der Waals surface area (Å²) in [5, 5.41) is 16.8. The van der Waals surface area contributed by atoms with Crippen molar-refractivity contribution in [2.75, 3.05) is 0 Å². The highest BCUT2D eigenvalue weighted by Gasteiger charge is 2.36. The molecule has 59 heavy (non-hydrogen) atoms. The molecule has 1 aliphatic carbocycles. The molecule has 0 fully saturated rings. The summed E-state index contributed by atoms with van der Waals surface area (Å²) in [6.45, 7) is 4.50. The zero-order valence-corrected chi connectivity index (χ0v) is 32.5. The van der Waals surface area contributed by atoms with E-state index in [1.807, 2.05) is 79.0 Å². The third-order valence-corrected chi connectivity index (χ3v) is 12.0. The van der Waals surface area contributed by atoms with E-state index in [-0.39, 0.29) is 5.41 Å². The molecule has 8 aromatic carbocycles. The van der Waals surface area contributed by atoms with Gasteiger partial charge in [-0.3, -0.25) is 4.98 Å². The van der Waals surface area contributed by atoms with Gasteiger partial charge in [0.1, 0.15) is 0 Å². The van der Waals surface area contributed by atoms with E-state index in [0.717, 1.165) is 49.8 Å². The van der Waals surface area contributed by atoms with Gasteiger partial charge in [-0.1, -0.05) is 141 Å². The first-order chi connectivity index (χ1) is 28.9. The van der Waals surface area contributed by atoms with Crippen LogP contribution in [0.1, 0.15) is 30.5 Å². The number of nitriles is 1. The van der Waals surface area contributed by atoms with Crippen LogP contribution in [0.4, 0.5) is 0 Å². The predicted octanol–water partition coefficient (Wildman–Crippen LogP) is 13.2. The fourth-order valence-electron chi connectivity index (χ4n) is 8.95. The molecule has 5 nitrogen and oxygen atoms in total. The number of hydrogen-bond donors (Lipinski definition) is 0. The number of benzene rings is 8. The second-order valence-electron chi connectivity index (χ2n) is 15.8. The first-order valence-electron chi connectivity index (χ1n) is 19.8. The van der Waals surface area contributed by atoms with Crippen LogP contribution in [0.15, 0.2) is 176 Å². The lowest BCUT2D eigenvalue weighted by Gasteiger charge is -2.22. The maximum Gasteiger partial charge on any atom is 0.164 e. The molecule has 11 rings (SSSR count). The Balaban J connectivity index is 1.15. The SMILES string of the molecule is CC1(C)c2cc(C#N)ccc2-c2ccc(-c3cc(-c4cc5c6ccccc6c6ccccc6c5cn4)cc(-c4nc(-c5ccccc5)nc(-c5ccccc5)n4)c3)cc21. The van der Waals surface area contributed by atoms with E-state index >= 15 is 0 Å². The molecular weight excluding hydrogens is 719 g/mol. The van der Waals surface area contributed by atoms with Gasteiger partial charge in [0.15, 0.2) is 17.5 Å². The Morgan fingerprint density at radius 1 is 0.407 bits per heavy atom. The minimum absolute atomic E-state index is 0.291. The summed E-state index contributed by atoms with van der Waals surface area (Å²) >= 11 is 0. The van der Waals surface area contributed by atoms with E-state index in [9.17, 15) is 5.26 Å². The topological polar surface area (TPSA) is 75.3 Å². The zero-order valence-electron chi connectivity index (χ0n) is 32.5. The molecule has 0 aliphatic heterocycles. The van der Waals surface area contributed by atoms with Crippen molar-refractivity contribution in [1.29, 1.82) is 5.26 Å². The third-order valence-electron chi connectivity index (χ3n) is 12.0. The van der Waals surface area contributed by atoms with E-state index in [2.05, 4.69) is 117 Å². The first-order valence-corrected chi connectivity index (χ1v) is 19.8. The molecule has 0 amide bonds. The summed E-state index contributed by atoms with van der Waals surface area (Å²) < 4.78 is 0. The average molecular weight is 754 g/mol. The minimum atomic E-state index is -0.291. The summed E-state index contributed by atoms with van der Waals surface area (Å²) in [5.74, 6) is 1.80. The smallest absolute Gasteiger partial charge is 0.164 e. The summed E-state index contributed by atoms with van der Waals surface area (Å²) in [6, 6.07) is 61.4. The molecular formula is C54H35N5. The van der Waals surface area contributed by atoms with Crippen molar-refractivity contribution >= 4 is 32.3 Å². The van der Waals surface area contributed by atoms with Crippen LogP contribution in [-0.2, 0) is 5.41 Å². The van der Waals surface area contributed by atoms with Gasteiger partial charge in [-0.15, -0.1) is 0 Å². The van der Waals surface area contributed by atoms with E-state index in [1.54, 1.807) is 0 Å². The monoisotopic (exact) mass is 753 g/mol. The number of fused-ring (bicyclic) bond motifs is 9. The minimum Gasteiger partial charge on any atom is -0.256 e. The third kappa shape index (κ3) is 5.68. The number of hydrogen-bond acceptors (Lipinski definition) is 5. The fourth-order valence-corrected chi connectivity index (χ4v) is 8.95. The van der Waals surface area contributed by atoms with Crippen molar-refractivity contribution in [3.8, 4) is 73.7 Å². The van der Waals surface area contributed by atoms with Crippen LogP contribution in [0.5, 0.6) is 0 Å². The van der Waals surface area contributed by atoms with Crippen molar-refractivity contribution in [2.45, 2.75) is 19.3 Å². The first kappa shape index (κ1) is 34.4. The van der Waals surface area contributed by atoms with E-state index < -0.39 is 0 Å². The van der Waals surface area contributed by atoms with Crippen LogP contribution in [0.2, 0.25) is 0 Å². The van der Waals surface area contributed by atoms with Gasteiger partial charge in [0.25, 0.3) is 0 Å². The van der Waals surface area contributed by atoms with E-state index in [1.165, 1.54) is 43.8 Å². The number of pyridine rings is 1. The van der Waals surface area contributed by atoms with E-state index in [4.69, 9.17) is 19.9 Å². The highest BCUT2D eigenvalue weighted by atomic mass is 15.0. The Morgan fingerprint density at radius 3 is 1.51 bits per heavy atom. The van der Waals surface area contributed by atoms with Crippen LogP contribution in [0.25, 0.3) is 100.0 Å². The number of rotatable bonds is 5. The largest absolute Gasteiger partial charge is 0.256 e. The van der Waals surface area contributed by atoms with Crippen molar-refractivity contribution in [3.63, 3.8) is 0 Å². The molecule has 2 aromatic heterocycles. The van der Waals surface area contributed by atoms with Gasteiger partial charge in [0.05, 0.1) is 17.3 Å². The molecule has 0 radical (unpaired) electrons. The quantitative estimate of drug-likeness (QED) is 0.164. The fraction of sp³-hybridized carbons (Fsp3) is 0.0556. The molecule has 0 spiro atoms. The van der Waals surface area contributed by atoms with Gasteiger partial charge >= 0.3 is 0 Å². The molecule has 10 aromatic rings. The second kappa shape index (κ2) is 13.4. The number of nitrogens with zero attached hydrogens (tertiary/aromatic N) is 5. The van der Waals surface area contributed by atoms with Crippen LogP contribution < -0.4 is 0 Å². The molecule has 276 valence electrons. The standard InChI is InChI=1S/C54H35N5/c1-54(2)48-25-33(31-55)21-23-44(48)45-24-22-36(29-49(45)54)37-26-38(50-30-46-42-19-11-9-17-40(42)41-18-10-12-20-43(41)47(46)32-56-50)28-39(27-37)53-58-51(34-13-5-3-6-14-34)57-52(59-53)35-15-7-4-8-16-35/h3-30,32H,1-2H3. The summed E-state index contributed by atoms with van der Waals surface area (Å²) in [6.07, 6.45) is 2.03. The lowest BCUT2D eigenvalue weighted by Crippen LogP contribution is -2.15. The molecule has 0 saturated heterocycles. The van der Waals surface area contributed by atoms with Crippen LogP contribution in [-0.4, -0.2) is 19.9 Å². The highest BCUT2D eigenvalue weighted by molar-refractivity contribution is 6.25. The average Bonchev–Trinajstić information content (AvgIpc) is 3.53. The summed E-state index contributed by atoms with van der Waals surface area (Å²) in [4.78, 5) is 20.5. The van der Waals surface area contributed by atoms with E-state index in [0.29, 0.717) is 23.0 Å². The van der Waals surface area contributed by atoms with Gasteiger partial charge < -0.3 is 0 Å². The normalized spacial score (nSPS) is 12.7. The Kier molecular flexibility index (Phi) is 7.82. The van der Waals surface area contributed by atoms with Gasteiger partial charge in [0, 0.05) is 39.3 Å². The lowest BCUT2D eigenvalue weighted by atomic mass is 9.81. The van der Waals surface area contributed by atoms with Crippen molar-refractivity contribution in [2.24, 2.45) is 0 Å². The highest BCUT2D eigenvalue weighted by Crippen LogP contribution is 2.50. The van der Waals surface area contributed by atoms with Crippen molar-refractivity contribution in [3.05, 3.63) is 193 Å². The lowest BCUT2D eigenvalue weighted by molar-refractivity contribution is 0.660. The molecule has 0 N–H and O–H groups in total. The second-order valence-corrected chi connectivity index (χ2v) is 15.8. The van der Waals surface area contributed by atoms with Crippen LogP contribution in [0, 0.1) is 11.3 Å². The van der Waals surface area contributed by atoms with Crippen molar-refractivity contribution in [1.82, 2.24) is 19.9 Å². The Morgan fingerprint density at radius 2 is 0.898 bits per heavy atom.